The lowest BCUT2D eigenvalue weighted by atomic mass is 9.94. The molecule has 0 saturated heterocycles. The summed E-state index contributed by atoms with van der Waals surface area (Å²) in [7, 11) is 0. The summed E-state index contributed by atoms with van der Waals surface area (Å²) in [6, 6.07) is 71.6. The Hall–Kier alpha value is -9.57. The molecule has 9 heteroatoms. The van der Waals surface area contributed by atoms with Crippen LogP contribution in [0.4, 0.5) is 13.2 Å². The van der Waals surface area contributed by atoms with Gasteiger partial charge in [-0.3, -0.25) is 0 Å². The van der Waals surface area contributed by atoms with Gasteiger partial charge in [-0.15, -0.1) is 0 Å². The maximum atomic E-state index is 14.6. The van der Waals surface area contributed by atoms with E-state index in [9.17, 15) is 23.7 Å². The topological polar surface area (TPSA) is 83.2 Å². The van der Waals surface area contributed by atoms with Crippen LogP contribution >= 0.6 is 0 Å². The first-order valence-electron chi connectivity index (χ1n) is 22.6. The Balaban J connectivity index is 1.17. The molecule has 0 fully saturated rings. The summed E-state index contributed by atoms with van der Waals surface area (Å²) >= 11 is 0. The largest absolute Gasteiger partial charge is 0.416 e. The third-order valence-electron chi connectivity index (χ3n) is 13.0. The molecule has 0 saturated carbocycles. The van der Waals surface area contributed by atoms with Gasteiger partial charge in [-0.1, -0.05) is 133 Å². The van der Waals surface area contributed by atoms with Crippen LogP contribution in [-0.4, -0.2) is 19.1 Å². The fraction of sp³-hybridized carbons (Fsp3) is 0.0164. The number of hydrogen-bond donors (Lipinski definition) is 0. The van der Waals surface area contributed by atoms with Crippen molar-refractivity contribution in [3.63, 3.8) is 0 Å². The third kappa shape index (κ3) is 7.13. The molecule has 330 valence electrons. The molecule has 0 amide bonds. The number of para-hydroxylation sites is 2. The Morgan fingerprint density at radius 2 is 0.829 bits per heavy atom. The van der Waals surface area contributed by atoms with E-state index in [2.05, 4.69) is 63.7 Å². The van der Waals surface area contributed by atoms with Crippen molar-refractivity contribution in [1.29, 1.82) is 10.5 Å². The molecule has 0 aliphatic rings. The molecule has 0 unspecified atom stereocenters. The summed E-state index contributed by atoms with van der Waals surface area (Å²) in [5.41, 5.74) is 10.7. The lowest BCUT2D eigenvalue weighted by Crippen LogP contribution is -2.07. The molecule has 70 heavy (non-hydrogen) atoms. The van der Waals surface area contributed by atoms with E-state index in [4.69, 9.17) is 9.97 Å². The Bertz CT molecular complexity index is 4140. The average molecular weight is 909 g/mol. The molecule has 4 heterocycles. The molecule has 0 atom stereocenters. The van der Waals surface area contributed by atoms with Crippen LogP contribution in [0.25, 0.3) is 111 Å². The molecule has 0 N–H and O–H groups in total. The number of hydrogen-bond acceptors (Lipinski definition) is 4. The molecule has 12 aromatic rings. The first-order chi connectivity index (χ1) is 34.2. The van der Waals surface area contributed by atoms with Crippen LogP contribution in [0, 0.1) is 22.7 Å². The van der Waals surface area contributed by atoms with E-state index in [0.29, 0.717) is 11.4 Å². The molecular weight excluding hydrogens is 874 g/mol. The second-order valence-electron chi connectivity index (χ2n) is 17.1. The van der Waals surface area contributed by atoms with Crippen LogP contribution in [0.3, 0.4) is 0 Å². The number of benzene rings is 8. The monoisotopic (exact) mass is 908 g/mol. The maximum Gasteiger partial charge on any atom is 0.416 e. The van der Waals surface area contributed by atoms with Crippen molar-refractivity contribution in [1.82, 2.24) is 19.1 Å². The summed E-state index contributed by atoms with van der Waals surface area (Å²) in [5, 5.41) is 24.9. The van der Waals surface area contributed by atoms with Crippen molar-refractivity contribution in [2.24, 2.45) is 0 Å². The van der Waals surface area contributed by atoms with Gasteiger partial charge < -0.3 is 9.13 Å². The Morgan fingerprint density at radius 1 is 0.371 bits per heavy atom. The van der Waals surface area contributed by atoms with Gasteiger partial charge >= 0.3 is 6.18 Å². The molecule has 8 aromatic carbocycles. The minimum atomic E-state index is -4.75. The molecule has 6 nitrogen and oxygen atoms in total. The standard InChI is InChI=1S/C61H35F3N6/c62-61(63,64)45-30-38(36-65)29-43(31-45)50-35-60(70-56-24-10-8-18-47(56)49-28-26-42(33-58(49)70)54-22-12-20-52(68-54)40-15-5-2-6-16-40)59(34-44(50)37-66)69-55-23-9-7-17-46(55)48-27-25-41(32-57(48)69)53-21-11-19-51(67-53)39-13-3-1-4-14-39/h1-35H. The molecule has 0 bridgehead atoms. The van der Waals surface area contributed by atoms with Crippen molar-refractivity contribution in [2.45, 2.75) is 6.18 Å². The third-order valence-corrected chi connectivity index (χ3v) is 13.0. The Kier molecular flexibility index (Phi) is 9.94. The lowest BCUT2D eigenvalue weighted by molar-refractivity contribution is -0.137. The summed E-state index contributed by atoms with van der Waals surface area (Å²) in [6.07, 6.45) is -4.75. The van der Waals surface area contributed by atoms with Crippen molar-refractivity contribution in [3.05, 3.63) is 229 Å². The highest BCUT2D eigenvalue weighted by Crippen LogP contribution is 2.43. The number of rotatable bonds is 7. The van der Waals surface area contributed by atoms with Crippen LogP contribution in [-0.2, 0) is 6.18 Å². The van der Waals surface area contributed by atoms with Gasteiger partial charge in [0.1, 0.15) is 0 Å². The van der Waals surface area contributed by atoms with Crippen molar-refractivity contribution >= 4 is 43.6 Å². The van der Waals surface area contributed by atoms with Gasteiger partial charge in [0, 0.05) is 49.4 Å². The number of nitriles is 2. The van der Waals surface area contributed by atoms with Gasteiger partial charge in [-0.25, -0.2) is 9.97 Å². The zero-order chi connectivity index (χ0) is 47.5. The highest BCUT2D eigenvalue weighted by molar-refractivity contribution is 6.13. The molecule has 0 radical (unpaired) electrons. The van der Waals surface area contributed by atoms with Crippen molar-refractivity contribution in [2.75, 3.05) is 0 Å². The van der Waals surface area contributed by atoms with E-state index >= 15 is 0 Å². The summed E-state index contributed by atoms with van der Waals surface area (Å²) in [5.74, 6) is 0. The summed E-state index contributed by atoms with van der Waals surface area (Å²) < 4.78 is 47.9. The molecule has 4 aromatic heterocycles. The molecule has 0 aliphatic carbocycles. The smallest absolute Gasteiger partial charge is 0.307 e. The Labute approximate surface area is 399 Å². The van der Waals surface area contributed by atoms with Crippen LogP contribution < -0.4 is 0 Å². The molecule has 0 spiro atoms. The van der Waals surface area contributed by atoms with Crippen LogP contribution in [0.1, 0.15) is 16.7 Å². The maximum absolute atomic E-state index is 14.6. The van der Waals surface area contributed by atoms with Crippen LogP contribution in [0.15, 0.2) is 212 Å². The number of halogens is 3. The molecule has 12 rings (SSSR count). The zero-order valence-corrected chi connectivity index (χ0v) is 37.0. The van der Waals surface area contributed by atoms with Gasteiger partial charge in [-0.2, -0.15) is 23.7 Å². The van der Waals surface area contributed by atoms with Gasteiger partial charge in [0.25, 0.3) is 0 Å². The van der Waals surface area contributed by atoms with Gasteiger partial charge in [0.2, 0.25) is 0 Å². The molecule has 0 aliphatic heterocycles. The number of alkyl halides is 3. The van der Waals surface area contributed by atoms with Gasteiger partial charge in [0.05, 0.1) is 85.0 Å². The second-order valence-corrected chi connectivity index (χ2v) is 17.1. The summed E-state index contributed by atoms with van der Waals surface area (Å²) in [4.78, 5) is 10.2. The van der Waals surface area contributed by atoms with Gasteiger partial charge in [-0.05, 0) is 84.4 Å². The average Bonchev–Trinajstić information content (AvgIpc) is 3.92. The highest BCUT2D eigenvalue weighted by atomic mass is 19.4. The zero-order valence-electron chi connectivity index (χ0n) is 37.0. The summed E-state index contributed by atoms with van der Waals surface area (Å²) in [6.45, 7) is 0. The lowest BCUT2D eigenvalue weighted by Gasteiger charge is -2.20. The minimum absolute atomic E-state index is 0.0907. The predicted octanol–water partition coefficient (Wildman–Crippen LogP) is 15.8. The predicted molar refractivity (Wildman–Crippen MR) is 272 cm³/mol. The number of nitrogens with zero attached hydrogens (tertiary/aromatic N) is 6. The van der Waals surface area contributed by atoms with Crippen LogP contribution in [0.2, 0.25) is 0 Å². The number of fused-ring (bicyclic) bond motifs is 6. The van der Waals surface area contributed by atoms with E-state index < -0.39 is 11.7 Å². The fourth-order valence-corrected chi connectivity index (χ4v) is 9.79. The first kappa shape index (κ1) is 41.8. The number of aromatic nitrogens is 4. The van der Waals surface area contributed by atoms with E-state index in [-0.39, 0.29) is 22.3 Å². The second kappa shape index (κ2) is 16.6. The number of pyridine rings is 2. The first-order valence-corrected chi connectivity index (χ1v) is 22.6. The fourth-order valence-electron chi connectivity index (χ4n) is 9.79. The Morgan fingerprint density at radius 3 is 1.31 bits per heavy atom. The minimum Gasteiger partial charge on any atom is -0.307 e. The van der Waals surface area contributed by atoms with E-state index in [0.717, 1.165) is 101 Å². The van der Waals surface area contributed by atoms with Gasteiger partial charge in [0.15, 0.2) is 0 Å². The van der Waals surface area contributed by atoms with Crippen LogP contribution in [0.5, 0.6) is 0 Å². The molecular formula is C61H35F3N6. The van der Waals surface area contributed by atoms with Crippen molar-refractivity contribution < 1.29 is 13.2 Å². The normalized spacial score (nSPS) is 11.6. The van der Waals surface area contributed by atoms with E-state index in [1.165, 1.54) is 6.07 Å². The van der Waals surface area contributed by atoms with E-state index in [1.807, 2.05) is 140 Å². The highest BCUT2D eigenvalue weighted by Gasteiger charge is 2.32. The van der Waals surface area contributed by atoms with Crippen molar-refractivity contribution in [3.8, 4) is 79.7 Å². The SMILES string of the molecule is N#Cc1cc(-c2cc(-n3c4ccccc4c4ccc(-c5cccc(-c6ccccc6)n5)cc43)c(-n3c4ccccc4c4ccc(-c5cccc(-c6ccccc6)n5)cc43)cc2C#N)cc(C(F)(F)F)c1. The van der Waals surface area contributed by atoms with E-state index in [1.54, 1.807) is 12.1 Å². The quantitative estimate of drug-likeness (QED) is 0.159.